The van der Waals surface area contributed by atoms with E-state index in [4.69, 9.17) is 11.6 Å². The predicted molar refractivity (Wildman–Crippen MR) is 114 cm³/mol. The van der Waals surface area contributed by atoms with E-state index < -0.39 is 15.8 Å². The molecule has 0 radical (unpaired) electrons. The van der Waals surface area contributed by atoms with Gasteiger partial charge >= 0.3 is 0 Å². The lowest BCUT2D eigenvalue weighted by molar-refractivity contribution is 0.0697. The van der Waals surface area contributed by atoms with Gasteiger partial charge in [0.1, 0.15) is 5.82 Å². The van der Waals surface area contributed by atoms with Crippen molar-refractivity contribution in [1.29, 1.82) is 0 Å². The number of nitrogens with zero attached hydrogens (tertiary/aromatic N) is 4. The van der Waals surface area contributed by atoms with E-state index in [2.05, 4.69) is 9.97 Å². The molecule has 3 aromatic rings. The largest absolute Gasteiger partial charge is 0.336 e. The standard InChI is InChI=1S/C21H18ClFN4O3S/c22-18-12-17(6-7-19(18)23)31(29,30)27-10-8-26(9-11-27)21(28)16-13-24-20(25-14-16)15-4-2-1-3-5-15/h1-7,12-14H,8-11H2. The third-order valence-corrected chi connectivity index (χ3v) is 7.17. The van der Waals surface area contributed by atoms with Gasteiger partial charge in [-0.3, -0.25) is 4.79 Å². The minimum atomic E-state index is -3.83. The zero-order chi connectivity index (χ0) is 22.0. The summed E-state index contributed by atoms with van der Waals surface area (Å²) in [7, 11) is -3.83. The molecule has 0 atom stereocenters. The van der Waals surface area contributed by atoms with Gasteiger partial charge in [0.05, 0.1) is 15.5 Å². The zero-order valence-electron chi connectivity index (χ0n) is 16.3. The highest BCUT2D eigenvalue weighted by atomic mass is 35.5. The molecule has 0 unspecified atom stereocenters. The summed E-state index contributed by atoms with van der Waals surface area (Å²) in [6.45, 7) is 0.666. The van der Waals surface area contributed by atoms with E-state index in [0.29, 0.717) is 11.4 Å². The highest BCUT2D eigenvalue weighted by Crippen LogP contribution is 2.23. The topological polar surface area (TPSA) is 83.5 Å². The van der Waals surface area contributed by atoms with Crippen molar-refractivity contribution >= 4 is 27.5 Å². The van der Waals surface area contributed by atoms with Crippen LogP contribution in [0.2, 0.25) is 5.02 Å². The highest BCUT2D eigenvalue weighted by molar-refractivity contribution is 7.89. The predicted octanol–water partition coefficient (Wildman–Crippen LogP) is 3.08. The Balaban J connectivity index is 1.42. The number of aromatic nitrogens is 2. The van der Waals surface area contributed by atoms with E-state index >= 15 is 0 Å². The second-order valence-corrected chi connectivity index (χ2v) is 9.28. The average molecular weight is 461 g/mol. The Bertz CT molecular complexity index is 1200. The molecule has 10 heteroatoms. The number of carbonyl (C=O) groups is 1. The first-order valence-corrected chi connectivity index (χ1v) is 11.3. The summed E-state index contributed by atoms with van der Waals surface area (Å²) in [4.78, 5) is 22.8. The Morgan fingerprint density at radius 2 is 1.61 bits per heavy atom. The Morgan fingerprint density at radius 1 is 0.968 bits per heavy atom. The number of hydrogen-bond donors (Lipinski definition) is 0. The molecule has 0 saturated carbocycles. The van der Waals surface area contributed by atoms with Crippen molar-refractivity contribution in [1.82, 2.24) is 19.2 Å². The molecule has 1 aliphatic heterocycles. The lowest BCUT2D eigenvalue weighted by Gasteiger charge is -2.34. The molecule has 1 fully saturated rings. The molecule has 1 aliphatic rings. The molecule has 4 rings (SSSR count). The van der Waals surface area contributed by atoms with E-state index in [9.17, 15) is 17.6 Å². The second kappa shape index (κ2) is 8.70. The summed E-state index contributed by atoms with van der Waals surface area (Å²) >= 11 is 5.72. The second-order valence-electron chi connectivity index (χ2n) is 6.93. The van der Waals surface area contributed by atoms with Crippen LogP contribution in [0.4, 0.5) is 4.39 Å². The molecular weight excluding hydrogens is 443 g/mol. The number of hydrogen-bond acceptors (Lipinski definition) is 5. The van der Waals surface area contributed by atoms with E-state index in [1.807, 2.05) is 30.3 Å². The Hall–Kier alpha value is -2.88. The van der Waals surface area contributed by atoms with Gasteiger partial charge in [-0.2, -0.15) is 4.31 Å². The third kappa shape index (κ3) is 4.43. The Labute approximate surface area is 184 Å². The van der Waals surface area contributed by atoms with Crippen LogP contribution < -0.4 is 0 Å². The van der Waals surface area contributed by atoms with Gasteiger partial charge in [-0.25, -0.2) is 22.8 Å². The molecule has 1 aromatic heterocycles. The molecule has 0 N–H and O–H groups in total. The number of piperazine rings is 1. The summed E-state index contributed by atoms with van der Waals surface area (Å²) in [5.74, 6) is -0.427. The van der Waals surface area contributed by atoms with Crippen LogP contribution in [-0.2, 0) is 10.0 Å². The summed E-state index contributed by atoms with van der Waals surface area (Å²) in [6.07, 6.45) is 2.95. The molecule has 7 nitrogen and oxygen atoms in total. The highest BCUT2D eigenvalue weighted by Gasteiger charge is 2.31. The average Bonchev–Trinajstić information content (AvgIpc) is 2.81. The molecule has 0 aliphatic carbocycles. The lowest BCUT2D eigenvalue weighted by atomic mass is 10.2. The van der Waals surface area contributed by atoms with Crippen LogP contribution in [0.3, 0.4) is 0 Å². The van der Waals surface area contributed by atoms with Crippen molar-refractivity contribution in [3.8, 4) is 11.4 Å². The van der Waals surface area contributed by atoms with E-state index in [1.165, 1.54) is 22.8 Å². The molecule has 2 aromatic carbocycles. The molecular formula is C21H18ClFN4O3S. The van der Waals surface area contributed by atoms with Crippen molar-refractivity contribution in [3.63, 3.8) is 0 Å². The first kappa shape index (κ1) is 21.4. The SMILES string of the molecule is O=C(c1cnc(-c2ccccc2)nc1)N1CCN(S(=O)(=O)c2ccc(F)c(Cl)c2)CC1. The van der Waals surface area contributed by atoms with Crippen LogP contribution in [0.25, 0.3) is 11.4 Å². The Kier molecular flexibility index (Phi) is 5.99. The smallest absolute Gasteiger partial charge is 0.257 e. The quantitative estimate of drug-likeness (QED) is 0.597. The maximum Gasteiger partial charge on any atom is 0.257 e. The van der Waals surface area contributed by atoms with Crippen LogP contribution in [0.5, 0.6) is 0 Å². The zero-order valence-corrected chi connectivity index (χ0v) is 17.9. The normalized spacial score (nSPS) is 15.1. The van der Waals surface area contributed by atoms with Crippen LogP contribution in [0, 0.1) is 5.82 Å². The fourth-order valence-electron chi connectivity index (χ4n) is 3.28. The maximum atomic E-state index is 13.4. The molecule has 0 spiro atoms. The van der Waals surface area contributed by atoms with Gasteiger partial charge < -0.3 is 4.90 Å². The molecule has 2 heterocycles. The van der Waals surface area contributed by atoms with E-state index in [-0.39, 0.29) is 42.0 Å². The fourth-order valence-corrected chi connectivity index (χ4v) is 4.97. The first-order chi connectivity index (χ1) is 14.9. The van der Waals surface area contributed by atoms with Crippen LogP contribution in [-0.4, -0.2) is 59.7 Å². The number of rotatable bonds is 4. The molecule has 0 bridgehead atoms. The summed E-state index contributed by atoms with van der Waals surface area (Å²) in [5.41, 5.74) is 1.18. The van der Waals surface area contributed by atoms with Gasteiger partial charge in [0.2, 0.25) is 10.0 Å². The monoisotopic (exact) mass is 460 g/mol. The van der Waals surface area contributed by atoms with Crippen molar-refractivity contribution in [2.45, 2.75) is 4.90 Å². The molecule has 31 heavy (non-hydrogen) atoms. The number of amides is 1. The van der Waals surface area contributed by atoms with Crippen molar-refractivity contribution in [3.05, 3.63) is 77.3 Å². The lowest BCUT2D eigenvalue weighted by Crippen LogP contribution is -2.50. The van der Waals surface area contributed by atoms with Gasteiger partial charge in [-0.15, -0.1) is 0 Å². The van der Waals surface area contributed by atoms with Gasteiger partial charge in [0.25, 0.3) is 5.91 Å². The molecule has 1 saturated heterocycles. The Morgan fingerprint density at radius 3 is 2.23 bits per heavy atom. The maximum absolute atomic E-state index is 13.4. The van der Waals surface area contributed by atoms with Crippen LogP contribution >= 0.6 is 11.6 Å². The van der Waals surface area contributed by atoms with Gasteiger partial charge in [-0.05, 0) is 18.2 Å². The van der Waals surface area contributed by atoms with Crippen LogP contribution in [0.1, 0.15) is 10.4 Å². The summed E-state index contributed by atoms with van der Waals surface area (Å²) < 4.78 is 40.2. The number of halogens is 2. The minimum Gasteiger partial charge on any atom is -0.336 e. The van der Waals surface area contributed by atoms with Crippen LogP contribution in [0.15, 0.2) is 65.8 Å². The van der Waals surface area contributed by atoms with Crippen molar-refractivity contribution < 1.29 is 17.6 Å². The van der Waals surface area contributed by atoms with Crippen molar-refractivity contribution in [2.24, 2.45) is 0 Å². The third-order valence-electron chi connectivity index (χ3n) is 4.99. The number of carbonyl (C=O) groups excluding carboxylic acids is 1. The summed E-state index contributed by atoms with van der Waals surface area (Å²) in [5, 5.41) is -0.256. The van der Waals surface area contributed by atoms with E-state index in [1.54, 1.807) is 4.90 Å². The first-order valence-electron chi connectivity index (χ1n) is 9.48. The van der Waals surface area contributed by atoms with Gasteiger partial charge in [-0.1, -0.05) is 41.9 Å². The van der Waals surface area contributed by atoms with E-state index in [0.717, 1.165) is 17.7 Å². The fraction of sp³-hybridized carbons (Fsp3) is 0.190. The summed E-state index contributed by atoms with van der Waals surface area (Å²) in [6, 6.07) is 12.7. The van der Waals surface area contributed by atoms with Gasteiger partial charge in [0, 0.05) is 44.1 Å². The number of sulfonamides is 1. The minimum absolute atomic E-state index is 0.0800. The molecule has 160 valence electrons. The molecule has 1 amide bonds. The number of benzene rings is 2. The van der Waals surface area contributed by atoms with Gasteiger partial charge in [0.15, 0.2) is 5.82 Å². The van der Waals surface area contributed by atoms with Crippen molar-refractivity contribution in [2.75, 3.05) is 26.2 Å².